The van der Waals surface area contributed by atoms with Crippen LogP contribution >= 0.6 is 0 Å². The fourth-order valence-electron chi connectivity index (χ4n) is 1.75. The predicted molar refractivity (Wildman–Crippen MR) is 41.8 cm³/mol. The Morgan fingerprint density at radius 2 is 1.90 bits per heavy atom. The minimum absolute atomic E-state index is 0.445. The number of nitrogens with two attached hydrogens (primary N) is 1. The molecule has 2 aliphatic rings. The van der Waals surface area contributed by atoms with Crippen molar-refractivity contribution in [2.75, 3.05) is 0 Å². The van der Waals surface area contributed by atoms with Crippen LogP contribution in [0.1, 0.15) is 32.1 Å². The Hall–Kier alpha value is -0.0800. The van der Waals surface area contributed by atoms with Crippen LogP contribution < -0.4 is 11.1 Å². The first kappa shape index (κ1) is 6.62. The molecule has 0 aliphatic heterocycles. The van der Waals surface area contributed by atoms with Crippen LogP contribution in [0.3, 0.4) is 0 Å². The Labute approximate surface area is 62.2 Å². The lowest BCUT2D eigenvalue weighted by atomic mass is 10.2. The molecule has 2 atom stereocenters. The highest BCUT2D eigenvalue weighted by molar-refractivity contribution is 4.92. The Morgan fingerprint density at radius 1 is 1.10 bits per heavy atom. The summed E-state index contributed by atoms with van der Waals surface area (Å²) in [6, 6.07) is 1.92. The van der Waals surface area contributed by atoms with Gasteiger partial charge in [-0.15, -0.1) is 0 Å². The van der Waals surface area contributed by atoms with E-state index < -0.39 is 0 Å². The molecular formula is C8H16N2. The molecule has 0 heterocycles. The van der Waals surface area contributed by atoms with Crippen molar-refractivity contribution in [3.05, 3.63) is 0 Å². The first-order valence-electron chi connectivity index (χ1n) is 4.38. The van der Waals surface area contributed by atoms with Crippen molar-refractivity contribution in [1.82, 2.24) is 5.32 Å². The van der Waals surface area contributed by atoms with Crippen molar-refractivity contribution in [1.29, 1.82) is 0 Å². The van der Waals surface area contributed by atoms with Gasteiger partial charge in [0.2, 0.25) is 0 Å². The Kier molecular flexibility index (Phi) is 1.66. The van der Waals surface area contributed by atoms with Crippen LogP contribution in [0.5, 0.6) is 0 Å². The second-order valence-corrected chi connectivity index (χ2v) is 3.64. The first-order valence-corrected chi connectivity index (χ1v) is 4.38. The quantitative estimate of drug-likeness (QED) is 0.590. The summed E-state index contributed by atoms with van der Waals surface area (Å²) in [5.41, 5.74) is 5.89. The Morgan fingerprint density at radius 3 is 2.40 bits per heavy atom. The highest BCUT2D eigenvalue weighted by Crippen LogP contribution is 2.24. The third-order valence-electron chi connectivity index (χ3n) is 2.60. The zero-order chi connectivity index (χ0) is 6.97. The van der Waals surface area contributed by atoms with Gasteiger partial charge in [-0.25, -0.2) is 0 Å². The summed E-state index contributed by atoms with van der Waals surface area (Å²) >= 11 is 0. The molecule has 0 aromatic carbocycles. The van der Waals surface area contributed by atoms with Crippen molar-refractivity contribution < 1.29 is 0 Å². The Balaban J connectivity index is 1.79. The molecule has 0 aromatic heterocycles. The standard InChI is InChI=1S/C8H16N2/c9-7-2-1-3-8(7)10-6-4-5-6/h6-8,10H,1-5,9H2/t7-,8-/m0/s1. The topological polar surface area (TPSA) is 38.0 Å². The fraction of sp³-hybridized carbons (Fsp3) is 1.00. The SMILES string of the molecule is N[C@H]1CCC[C@@H]1NC1CC1. The Bertz CT molecular complexity index is 120. The molecule has 0 radical (unpaired) electrons. The molecule has 3 N–H and O–H groups in total. The van der Waals surface area contributed by atoms with Gasteiger partial charge in [-0.1, -0.05) is 6.42 Å². The minimum Gasteiger partial charge on any atom is -0.326 e. The lowest BCUT2D eigenvalue weighted by Crippen LogP contribution is -2.41. The largest absolute Gasteiger partial charge is 0.326 e. The highest BCUT2D eigenvalue weighted by Gasteiger charge is 2.30. The molecule has 0 amide bonds. The maximum atomic E-state index is 5.89. The minimum atomic E-state index is 0.445. The van der Waals surface area contributed by atoms with Crippen LogP contribution in [-0.4, -0.2) is 18.1 Å². The summed E-state index contributed by atoms with van der Waals surface area (Å²) in [4.78, 5) is 0. The van der Waals surface area contributed by atoms with Gasteiger partial charge in [-0.05, 0) is 25.7 Å². The molecular weight excluding hydrogens is 124 g/mol. The number of nitrogens with one attached hydrogen (secondary N) is 1. The van der Waals surface area contributed by atoms with Gasteiger partial charge in [-0.2, -0.15) is 0 Å². The summed E-state index contributed by atoms with van der Waals surface area (Å²) < 4.78 is 0. The van der Waals surface area contributed by atoms with Crippen LogP contribution in [0, 0.1) is 0 Å². The van der Waals surface area contributed by atoms with E-state index >= 15 is 0 Å². The molecule has 2 aliphatic carbocycles. The first-order chi connectivity index (χ1) is 4.86. The monoisotopic (exact) mass is 140 g/mol. The van der Waals surface area contributed by atoms with E-state index in [0.717, 1.165) is 6.04 Å². The van der Waals surface area contributed by atoms with E-state index in [9.17, 15) is 0 Å². The van der Waals surface area contributed by atoms with Gasteiger partial charge in [0.15, 0.2) is 0 Å². The molecule has 2 heteroatoms. The second-order valence-electron chi connectivity index (χ2n) is 3.64. The molecule has 2 saturated carbocycles. The summed E-state index contributed by atoms with van der Waals surface area (Å²) in [5, 5.41) is 3.58. The average Bonchev–Trinajstić information content (AvgIpc) is 2.62. The van der Waals surface area contributed by atoms with Gasteiger partial charge < -0.3 is 11.1 Å². The van der Waals surface area contributed by atoms with E-state index in [1.807, 2.05) is 0 Å². The summed E-state index contributed by atoms with van der Waals surface area (Å²) in [5.74, 6) is 0. The van der Waals surface area contributed by atoms with Crippen LogP contribution in [0.2, 0.25) is 0 Å². The number of hydrogen-bond donors (Lipinski definition) is 2. The van der Waals surface area contributed by atoms with Gasteiger partial charge in [0.05, 0.1) is 0 Å². The molecule has 0 aromatic rings. The van der Waals surface area contributed by atoms with E-state index in [1.54, 1.807) is 0 Å². The highest BCUT2D eigenvalue weighted by atomic mass is 15.0. The third-order valence-corrected chi connectivity index (χ3v) is 2.60. The van der Waals surface area contributed by atoms with Crippen LogP contribution in [0.15, 0.2) is 0 Å². The van der Waals surface area contributed by atoms with Gasteiger partial charge in [0.1, 0.15) is 0 Å². The molecule has 58 valence electrons. The van der Waals surface area contributed by atoms with Gasteiger partial charge >= 0.3 is 0 Å². The lowest BCUT2D eigenvalue weighted by molar-refractivity contribution is 0.473. The maximum absolute atomic E-state index is 5.89. The van der Waals surface area contributed by atoms with E-state index in [1.165, 1.54) is 32.1 Å². The molecule has 0 saturated heterocycles. The predicted octanol–water partition coefficient (Wildman–Crippen LogP) is 0.618. The summed E-state index contributed by atoms with van der Waals surface area (Å²) in [6.07, 6.45) is 6.61. The molecule has 2 nitrogen and oxygen atoms in total. The van der Waals surface area contributed by atoms with Crippen molar-refractivity contribution in [3.8, 4) is 0 Å². The van der Waals surface area contributed by atoms with Crippen molar-refractivity contribution in [2.45, 2.75) is 50.2 Å². The summed E-state index contributed by atoms with van der Waals surface area (Å²) in [7, 11) is 0. The van der Waals surface area contributed by atoms with Crippen molar-refractivity contribution in [3.63, 3.8) is 0 Å². The summed E-state index contributed by atoms with van der Waals surface area (Å²) in [6.45, 7) is 0. The van der Waals surface area contributed by atoms with Gasteiger partial charge in [0, 0.05) is 18.1 Å². The van der Waals surface area contributed by atoms with E-state index in [2.05, 4.69) is 5.32 Å². The average molecular weight is 140 g/mol. The molecule has 10 heavy (non-hydrogen) atoms. The molecule has 0 spiro atoms. The number of hydrogen-bond acceptors (Lipinski definition) is 2. The van der Waals surface area contributed by atoms with E-state index in [0.29, 0.717) is 12.1 Å². The van der Waals surface area contributed by atoms with E-state index in [4.69, 9.17) is 5.73 Å². The van der Waals surface area contributed by atoms with E-state index in [-0.39, 0.29) is 0 Å². The van der Waals surface area contributed by atoms with Crippen molar-refractivity contribution >= 4 is 0 Å². The lowest BCUT2D eigenvalue weighted by Gasteiger charge is -2.16. The third kappa shape index (κ3) is 1.32. The molecule has 0 bridgehead atoms. The van der Waals surface area contributed by atoms with Crippen molar-refractivity contribution in [2.24, 2.45) is 5.73 Å². The van der Waals surface area contributed by atoms with Crippen LogP contribution in [-0.2, 0) is 0 Å². The molecule has 0 unspecified atom stereocenters. The zero-order valence-electron chi connectivity index (χ0n) is 6.34. The fourth-order valence-corrected chi connectivity index (χ4v) is 1.75. The van der Waals surface area contributed by atoms with Gasteiger partial charge in [0.25, 0.3) is 0 Å². The number of rotatable bonds is 2. The second kappa shape index (κ2) is 2.51. The zero-order valence-corrected chi connectivity index (χ0v) is 6.34. The maximum Gasteiger partial charge on any atom is 0.0221 e. The smallest absolute Gasteiger partial charge is 0.0221 e. The molecule has 2 rings (SSSR count). The van der Waals surface area contributed by atoms with Gasteiger partial charge in [-0.3, -0.25) is 0 Å². The van der Waals surface area contributed by atoms with Crippen LogP contribution in [0.25, 0.3) is 0 Å². The normalized spacial score (nSPS) is 40.5. The van der Waals surface area contributed by atoms with Crippen LogP contribution in [0.4, 0.5) is 0 Å². The molecule has 2 fully saturated rings.